The third-order valence-electron chi connectivity index (χ3n) is 0.892. The Hall–Kier alpha value is -0.110. The van der Waals surface area contributed by atoms with Gasteiger partial charge in [0.25, 0.3) is 0 Å². The summed E-state index contributed by atoms with van der Waals surface area (Å²) in [5, 5.41) is 2.07. The summed E-state index contributed by atoms with van der Waals surface area (Å²) >= 11 is 1.73. The maximum Gasteiger partial charge on any atom is 0.109 e. The molecule has 0 unspecified atom stereocenters. The molecule has 0 aromatic rings. The number of rotatable bonds is 1. The van der Waals surface area contributed by atoms with Gasteiger partial charge in [0.15, 0.2) is 0 Å². The van der Waals surface area contributed by atoms with Crippen LogP contribution in [0.25, 0.3) is 0 Å². The fraction of sp³-hybridized carbons (Fsp3) is 0.400. The van der Waals surface area contributed by atoms with E-state index in [1.165, 1.54) is 0 Å². The quantitative estimate of drug-likeness (QED) is 0.510. The number of hydrogen-bond donors (Lipinski definition) is 0. The Balaban J connectivity index is 2.28. The minimum absolute atomic E-state index is 1.09. The molecule has 1 nitrogen and oxygen atoms in total. The van der Waals surface area contributed by atoms with E-state index in [9.17, 15) is 0 Å². The molecular weight excluding hydrogens is 106 g/mol. The summed E-state index contributed by atoms with van der Waals surface area (Å²) in [6.45, 7) is 3.22. The van der Waals surface area contributed by atoms with E-state index in [0.29, 0.717) is 0 Å². The lowest BCUT2D eigenvalue weighted by molar-refractivity contribution is 0.525. The number of hydrogen-bond acceptors (Lipinski definition) is 2. The van der Waals surface area contributed by atoms with Gasteiger partial charge in [-0.1, -0.05) is 0 Å². The van der Waals surface area contributed by atoms with Crippen molar-refractivity contribution in [2.75, 3.05) is 6.54 Å². The molecule has 0 bridgehead atoms. The highest BCUT2D eigenvalue weighted by molar-refractivity contribution is 8.04. The minimum Gasteiger partial charge on any atom is -0.362 e. The Morgan fingerprint density at radius 2 is 2.57 bits per heavy atom. The molecule has 0 atom stereocenters. The second kappa shape index (κ2) is 2.26. The van der Waals surface area contributed by atoms with E-state index in [0.717, 1.165) is 6.54 Å². The largest absolute Gasteiger partial charge is 0.362 e. The molecule has 1 aliphatic heterocycles. The molecule has 0 aromatic heterocycles. The average molecular weight is 114 g/mol. The third-order valence-corrected chi connectivity index (χ3v) is 1.56. The fourth-order valence-corrected chi connectivity index (χ4v) is 1.11. The Bertz CT molecular complexity index is 80.1. The summed E-state index contributed by atoms with van der Waals surface area (Å²) in [6, 6.07) is 0. The van der Waals surface area contributed by atoms with Crippen molar-refractivity contribution in [3.63, 3.8) is 0 Å². The molecule has 7 heavy (non-hydrogen) atoms. The van der Waals surface area contributed by atoms with Crippen LogP contribution in [0.2, 0.25) is 0 Å². The molecule has 0 fully saturated rings. The van der Waals surface area contributed by atoms with E-state index < -0.39 is 0 Å². The molecule has 0 aliphatic carbocycles. The van der Waals surface area contributed by atoms with Crippen molar-refractivity contribution in [2.24, 2.45) is 0 Å². The zero-order valence-electron chi connectivity index (χ0n) is 4.29. The van der Waals surface area contributed by atoms with Crippen LogP contribution in [0.5, 0.6) is 0 Å². The van der Waals surface area contributed by atoms with Crippen molar-refractivity contribution >= 4 is 11.8 Å². The van der Waals surface area contributed by atoms with Gasteiger partial charge in [0.1, 0.15) is 5.88 Å². The fourth-order valence-electron chi connectivity index (χ4n) is 0.442. The second-order valence-corrected chi connectivity index (χ2v) is 2.11. The maximum atomic E-state index is 2.14. The van der Waals surface area contributed by atoms with E-state index in [2.05, 4.69) is 29.3 Å². The van der Waals surface area contributed by atoms with Gasteiger partial charge in [0, 0.05) is 12.7 Å². The lowest BCUT2D eigenvalue weighted by atomic mass is 10.7. The first kappa shape index (κ1) is 5.04. The van der Waals surface area contributed by atoms with E-state index >= 15 is 0 Å². The first-order chi connectivity index (χ1) is 3.43. The van der Waals surface area contributed by atoms with Gasteiger partial charge in [-0.15, -0.1) is 11.8 Å². The Morgan fingerprint density at radius 1 is 1.71 bits per heavy atom. The highest BCUT2D eigenvalue weighted by Crippen LogP contribution is 2.18. The van der Waals surface area contributed by atoms with Gasteiger partial charge < -0.3 is 4.90 Å². The van der Waals surface area contributed by atoms with Crippen LogP contribution >= 0.6 is 11.8 Å². The van der Waals surface area contributed by atoms with Crippen LogP contribution in [0.4, 0.5) is 0 Å². The molecule has 0 spiro atoms. The van der Waals surface area contributed by atoms with Gasteiger partial charge in [0.05, 0.1) is 0 Å². The summed E-state index contributed by atoms with van der Waals surface area (Å²) < 4.78 is 0. The van der Waals surface area contributed by atoms with E-state index in [4.69, 9.17) is 0 Å². The molecule has 0 saturated carbocycles. The van der Waals surface area contributed by atoms with Crippen LogP contribution in [-0.2, 0) is 0 Å². The summed E-state index contributed by atoms with van der Waals surface area (Å²) in [7, 11) is 0. The topological polar surface area (TPSA) is 3.24 Å². The van der Waals surface area contributed by atoms with Crippen molar-refractivity contribution in [1.29, 1.82) is 0 Å². The Morgan fingerprint density at radius 3 is 2.86 bits per heavy atom. The predicted octanol–water partition coefficient (Wildman–Crippen LogP) is 1.65. The number of thioether (sulfide) groups is 1. The van der Waals surface area contributed by atoms with Gasteiger partial charge in [-0.3, -0.25) is 0 Å². The van der Waals surface area contributed by atoms with E-state index in [1.807, 2.05) is 0 Å². The predicted molar refractivity (Wildman–Crippen MR) is 33.4 cm³/mol. The zero-order valence-corrected chi connectivity index (χ0v) is 5.11. The summed E-state index contributed by atoms with van der Waals surface area (Å²) in [4.78, 5) is 2.14. The first-order valence-electron chi connectivity index (χ1n) is 2.34. The molecule has 1 aliphatic rings. The Kier molecular flexibility index (Phi) is 1.63. The molecule has 0 amide bonds. The van der Waals surface area contributed by atoms with Crippen LogP contribution < -0.4 is 0 Å². The van der Waals surface area contributed by atoms with Gasteiger partial charge >= 0.3 is 0 Å². The summed E-state index contributed by atoms with van der Waals surface area (Å²) in [5.74, 6) is 2.10. The van der Waals surface area contributed by atoms with Crippen molar-refractivity contribution in [3.8, 4) is 0 Å². The highest BCUT2D eigenvalue weighted by atomic mass is 32.2. The summed E-state index contributed by atoms with van der Waals surface area (Å²) in [6.07, 6.45) is 2.07. The monoisotopic (exact) mass is 114 g/mol. The normalized spacial score (nSPS) is 18.7. The first-order valence-corrected chi connectivity index (χ1v) is 3.29. The van der Waals surface area contributed by atoms with Crippen LogP contribution in [0.1, 0.15) is 6.92 Å². The molecule has 1 radical (unpaired) electrons. The smallest absolute Gasteiger partial charge is 0.109 e. The van der Waals surface area contributed by atoms with Crippen LogP contribution in [0.3, 0.4) is 0 Å². The van der Waals surface area contributed by atoms with E-state index in [1.54, 1.807) is 11.8 Å². The minimum atomic E-state index is 1.09. The maximum absolute atomic E-state index is 2.14. The van der Waals surface area contributed by atoms with Gasteiger partial charge in [0.2, 0.25) is 0 Å². The standard InChI is InChI=1S/C5H8NS/c1-2-6-3-4-7-5-6/h3-5H,2H2,1H3. The molecule has 2 heteroatoms. The van der Waals surface area contributed by atoms with Crippen LogP contribution in [0.15, 0.2) is 11.6 Å². The van der Waals surface area contributed by atoms with Crippen molar-refractivity contribution in [1.82, 2.24) is 4.90 Å². The molecule has 0 N–H and O–H groups in total. The molecule has 0 saturated heterocycles. The molecule has 0 aromatic carbocycles. The zero-order chi connectivity index (χ0) is 5.11. The van der Waals surface area contributed by atoms with E-state index in [-0.39, 0.29) is 0 Å². The lowest BCUT2D eigenvalue weighted by Crippen LogP contribution is -2.06. The molecule has 1 heterocycles. The highest BCUT2D eigenvalue weighted by Gasteiger charge is 1.99. The summed E-state index contributed by atoms with van der Waals surface area (Å²) in [5.41, 5.74) is 0. The van der Waals surface area contributed by atoms with Crippen molar-refractivity contribution in [3.05, 3.63) is 17.5 Å². The SMILES string of the molecule is CCN1[CH]SC=C1. The number of nitrogens with zero attached hydrogens (tertiary/aromatic N) is 1. The second-order valence-electron chi connectivity index (χ2n) is 1.36. The van der Waals surface area contributed by atoms with Gasteiger partial charge in [-0.05, 0) is 12.3 Å². The van der Waals surface area contributed by atoms with Gasteiger partial charge in [-0.25, -0.2) is 0 Å². The lowest BCUT2D eigenvalue weighted by Gasteiger charge is -2.07. The van der Waals surface area contributed by atoms with Crippen molar-refractivity contribution in [2.45, 2.75) is 6.92 Å². The molecule has 39 valence electrons. The van der Waals surface area contributed by atoms with Crippen LogP contribution in [-0.4, -0.2) is 11.4 Å². The third kappa shape index (κ3) is 1.13. The Labute approximate surface area is 48.4 Å². The van der Waals surface area contributed by atoms with Crippen molar-refractivity contribution < 1.29 is 0 Å². The van der Waals surface area contributed by atoms with Crippen LogP contribution in [0, 0.1) is 5.88 Å². The van der Waals surface area contributed by atoms with Gasteiger partial charge in [-0.2, -0.15) is 0 Å². The molecular formula is C5H8NS. The molecule has 1 rings (SSSR count). The average Bonchev–Trinajstić information content (AvgIpc) is 2.14.